The van der Waals surface area contributed by atoms with Crippen molar-refractivity contribution in [2.45, 2.75) is 25.7 Å². The number of benzene rings is 4. The molecule has 0 radical (unpaired) electrons. The summed E-state index contributed by atoms with van der Waals surface area (Å²) >= 11 is 24.5. The molecule has 4 aromatic carbocycles. The zero-order valence-corrected chi connectivity index (χ0v) is 32.5. The number of amides is 4. The molecule has 12 nitrogen and oxygen atoms in total. The summed E-state index contributed by atoms with van der Waals surface area (Å²) < 4.78 is 21.6. The molecule has 0 saturated carbocycles. The molecule has 0 unspecified atom stereocenters. The molecule has 0 bridgehead atoms. The summed E-state index contributed by atoms with van der Waals surface area (Å²) in [5.74, 6) is 0.0197. The molecule has 4 amide bonds. The number of rotatable bonds is 15. The Morgan fingerprint density at radius 1 is 0.518 bits per heavy atom. The molecule has 0 fully saturated rings. The van der Waals surface area contributed by atoms with Gasteiger partial charge in [0.05, 0.1) is 21.2 Å². The van der Waals surface area contributed by atoms with Crippen LogP contribution in [0.3, 0.4) is 0 Å². The van der Waals surface area contributed by atoms with Gasteiger partial charge in [0.1, 0.15) is 11.4 Å². The number of halogens is 4. The van der Waals surface area contributed by atoms with E-state index in [0.717, 1.165) is 12.8 Å². The van der Waals surface area contributed by atoms with Gasteiger partial charge in [-0.2, -0.15) is 0 Å². The molecule has 2 aliphatic rings. The lowest BCUT2D eigenvalue weighted by Gasteiger charge is -2.13. The summed E-state index contributed by atoms with van der Waals surface area (Å²) in [4.78, 5) is 52.9. The van der Waals surface area contributed by atoms with E-state index in [4.69, 9.17) is 65.4 Å². The Hall–Kier alpha value is -5.40. The van der Waals surface area contributed by atoms with Gasteiger partial charge in [-0.05, 0) is 96.8 Å². The van der Waals surface area contributed by atoms with Gasteiger partial charge < -0.3 is 40.2 Å². The zero-order chi connectivity index (χ0) is 39.6. The molecule has 6 rings (SSSR count). The van der Waals surface area contributed by atoms with Crippen LogP contribution < -0.4 is 40.2 Å². The normalized spacial score (nSPS) is 12.9. The molecular formula is C40H34Cl4N4O8. The largest absolute Gasteiger partial charge is 0.454 e. The quantitative estimate of drug-likeness (QED) is 0.0700. The molecule has 56 heavy (non-hydrogen) atoms. The third kappa shape index (κ3) is 10.7. The smallest absolute Gasteiger partial charge is 0.267 e. The lowest BCUT2D eigenvalue weighted by molar-refractivity contribution is -0.118. The monoisotopic (exact) mass is 838 g/mol. The van der Waals surface area contributed by atoms with Crippen LogP contribution in [0, 0.1) is 0 Å². The summed E-state index contributed by atoms with van der Waals surface area (Å²) in [6.07, 6.45) is 5.78. The number of nitrogens with one attached hydrogen (secondary N) is 4. The Labute approximate surface area is 342 Å². The first-order chi connectivity index (χ1) is 27.0. The lowest BCUT2D eigenvalue weighted by atomic mass is 10.1. The van der Waals surface area contributed by atoms with Crippen molar-refractivity contribution < 1.29 is 38.1 Å². The molecule has 16 heteroatoms. The van der Waals surface area contributed by atoms with Crippen molar-refractivity contribution in [3.63, 3.8) is 0 Å². The molecule has 2 heterocycles. The number of hydrogen-bond acceptors (Lipinski definition) is 8. The summed E-state index contributed by atoms with van der Waals surface area (Å²) in [6.45, 7) is 0.826. The third-order valence-electron chi connectivity index (χ3n) is 8.43. The second-order valence-electron chi connectivity index (χ2n) is 12.4. The molecule has 0 saturated heterocycles. The predicted octanol–water partition coefficient (Wildman–Crippen LogP) is 7.79. The molecule has 0 atom stereocenters. The van der Waals surface area contributed by atoms with Crippen molar-refractivity contribution in [1.82, 2.24) is 21.3 Å². The molecule has 4 aromatic rings. The van der Waals surface area contributed by atoms with Crippen molar-refractivity contribution in [2.75, 3.05) is 26.7 Å². The first-order valence-electron chi connectivity index (χ1n) is 17.4. The maximum atomic E-state index is 13.3. The van der Waals surface area contributed by atoms with Crippen molar-refractivity contribution in [2.24, 2.45) is 0 Å². The van der Waals surface area contributed by atoms with Gasteiger partial charge in [0, 0.05) is 23.1 Å². The fraction of sp³-hybridized carbons (Fsp3) is 0.200. The van der Waals surface area contributed by atoms with Crippen LogP contribution >= 0.6 is 46.4 Å². The number of unbranched alkanes of at least 4 members (excludes halogenated alkanes) is 3. The molecule has 0 aromatic heterocycles. The number of carbonyl (C=O) groups is 4. The first kappa shape index (κ1) is 40.3. The summed E-state index contributed by atoms with van der Waals surface area (Å²) in [6, 6.07) is 19.2. The van der Waals surface area contributed by atoms with Crippen molar-refractivity contribution in [3.05, 3.63) is 127 Å². The second-order valence-corrected chi connectivity index (χ2v) is 14.1. The highest BCUT2D eigenvalue weighted by molar-refractivity contribution is 6.37. The van der Waals surface area contributed by atoms with Crippen LogP contribution in [0.4, 0.5) is 0 Å². The van der Waals surface area contributed by atoms with E-state index in [2.05, 4.69) is 21.3 Å². The molecular weight excluding hydrogens is 806 g/mol. The minimum atomic E-state index is -0.585. The van der Waals surface area contributed by atoms with Crippen LogP contribution in [0.2, 0.25) is 20.1 Å². The molecule has 0 spiro atoms. The lowest BCUT2D eigenvalue weighted by Crippen LogP contribution is -2.35. The number of ether oxygens (including phenoxy) is 4. The van der Waals surface area contributed by atoms with Crippen molar-refractivity contribution >= 4 is 82.2 Å². The average molecular weight is 841 g/mol. The van der Waals surface area contributed by atoms with Gasteiger partial charge in [-0.3, -0.25) is 19.2 Å². The van der Waals surface area contributed by atoms with Crippen molar-refractivity contribution in [1.29, 1.82) is 0 Å². The van der Waals surface area contributed by atoms with Crippen LogP contribution in [0.25, 0.3) is 12.2 Å². The SMILES string of the molecule is O=C(NCCCCCCNC(=O)/C(=C/c1ccc2c(c1)OCO2)NC(=O)c1ccc(Cl)cc1Cl)/C(=C/c1ccc2c(c1)OCO2)NC(=O)c1ccc(Cl)cc1Cl. The maximum absolute atomic E-state index is 13.3. The van der Waals surface area contributed by atoms with E-state index in [1.54, 1.807) is 36.4 Å². The topological polar surface area (TPSA) is 153 Å². The van der Waals surface area contributed by atoms with E-state index in [0.29, 0.717) is 70.1 Å². The average Bonchev–Trinajstić information content (AvgIpc) is 3.84. The van der Waals surface area contributed by atoms with Gasteiger partial charge in [0.15, 0.2) is 23.0 Å². The summed E-state index contributed by atoms with van der Waals surface area (Å²) in [5.41, 5.74) is 1.50. The van der Waals surface area contributed by atoms with Crippen molar-refractivity contribution in [3.8, 4) is 23.0 Å². The number of hydrogen-bond donors (Lipinski definition) is 4. The van der Waals surface area contributed by atoms with E-state index in [1.807, 2.05) is 0 Å². The zero-order valence-electron chi connectivity index (χ0n) is 29.5. The van der Waals surface area contributed by atoms with Crippen LogP contribution in [0.15, 0.2) is 84.2 Å². The van der Waals surface area contributed by atoms with Crippen LogP contribution in [-0.4, -0.2) is 50.3 Å². The third-order valence-corrected chi connectivity index (χ3v) is 9.52. The van der Waals surface area contributed by atoms with Gasteiger partial charge >= 0.3 is 0 Å². The highest BCUT2D eigenvalue weighted by Gasteiger charge is 2.20. The summed E-state index contributed by atoms with van der Waals surface area (Å²) in [7, 11) is 0. The Morgan fingerprint density at radius 2 is 0.929 bits per heavy atom. The highest BCUT2D eigenvalue weighted by atomic mass is 35.5. The van der Waals surface area contributed by atoms with Gasteiger partial charge in [0.2, 0.25) is 13.6 Å². The molecule has 0 aliphatic carbocycles. The predicted molar refractivity (Wildman–Crippen MR) is 213 cm³/mol. The van der Waals surface area contributed by atoms with Gasteiger partial charge in [-0.25, -0.2) is 0 Å². The molecule has 4 N–H and O–H groups in total. The van der Waals surface area contributed by atoms with E-state index in [-0.39, 0.29) is 46.2 Å². The summed E-state index contributed by atoms with van der Waals surface area (Å²) in [5, 5.41) is 12.1. The van der Waals surface area contributed by atoms with Crippen LogP contribution in [0.5, 0.6) is 23.0 Å². The van der Waals surface area contributed by atoms with Gasteiger partial charge in [-0.1, -0.05) is 71.4 Å². The number of carbonyl (C=O) groups excluding carboxylic acids is 4. The first-order valence-corrected chi connectivity index (χ1v) is 18.9. The Balaban J connectivity index is 1.01. The Bertz CT molecular complexity index is 2070. The van der Waals surface area contributed by atoms with Crippen LogP contribution in [0.1, 0.15) is 57.5 Å². The van der Waals surface area contributed by atoms with E-state index in [9.17, 15) is 19.2 Å². The fourth-order valence-electron chi connectivity index (χ4n) is 5.58. The fourth-order valence-corrected chi connectivity index (χ4v) is 6.57. The van der Waals surface area contributed by atoms with Gasteiger partial charge in [0.25, 0.3) is 23.6 Å². The highest BCUT2D eigenvalue weighted by Crippen LogP contribution is 2.34. The standard InChI is InChI=1S/C40H34Cl4N4O8/c41-25-7-9-27(29(43)19-25)37(49)47-31(15-23-5-11-33-35(17-23)55-21-53-33)39(51)45-13-3-1-2-4-14-46-40(52)32(16-24-6-12-34-36(18-24)56-22-54-34)48-38(50)28-10-8-26(42)20-30(28)44/h5-12,15-20H,1-4,13-14,21-22H2,(H,45,51)(H,46,52)(H,47,49)(H,48,50)/b31-15-,32-16-. The van der Waals surface area contributed by atoms with E-state index in [1.165, 1.54) is 48.6 Å². The van der Waals surface area contributed by atoms with E-state index >= 15 is 0 Å². The second kappa shape index (κ2) is 19.0. The Kier molecular flexibility index (Phi) is 13.6. The maximum Gasteiger partial charge on any atom is 0.267 e. The van der Waals surface area contributed by atoms with Crippen LogP contribution in [-0.2, 0) is 9.59 Å². The van der Waals surface area contributed by atoms with E-state index < -0.39 is 23.6 Å². The number of fused-ring (bicyclic) bond motifs is 2. The Morgan fingerprint density at radius 3 is 1.34 bits per heavy atom. The minimum Gasteiger partial charge on any atom is -0.454 e. The van der Waals surface area contributed by atoms with Gasteiger partial charge in [-0.15, -0.1) is 0 Å². The molecule has 2 aliphatic heterocycles. The molecule has 290 valence electrons. The minimum absolute atomic E-state index is 0.00220.